The fourth-order valence-electron chi connectivity index (χ4n) is 1.48. The average Bonchev–Trinajstić information content (AvgIpc) is 2.82. The lowest BCUT2D eigenvalue weighted by atomic mass is 10.2. The van der Waals surface area contributed by atoms with Crippen molar-refractivity contribution in [2.75, 3.05) is 12.8 Å². The predicted octanol–water partition coefficient (Wildman–Crippen LogP) is 3.35. The van der Waals surface area contributed by atoms with Crippen LogP contribution in [0.4, 0.5) is 5.69 Å². The van der Waals surface area contributed by atoms with Crippen molar-refractivity contribution in [3.63, 3.8) is 0 Å². The highest BCUT2D eigenvalue weighted by atomic mass is 35.5. The first-order chi connectivity index (χ1) is 9.10. The number of nitrogens with two attached hydrogens (primary N) is 1. The molecule has 0 aliphatic carbocycles. The first-order valence-electron chi connectivity index (χ1n) is 5.45. The van der Waals surface area contributed by atoms with E-state index < -0.39 is 5.97 Å². The summed E-state index contributed by atoms with van der Waals surface area (Å²) in [4.78, 5) is 12.8. The van der Waals surface area contributed by atoms with Crippen LogP contribution < -0.4 is 10.5 Å². The minimum absolute atomic E-state index is 0.173. The molecule has 0 fully saturated rings. The lowest BCUT2D eigenvalue weighted by Gasteiger charge is -2.08. The SMILES string of the molecule is COc1ccc(N)c(C(=O)OCc2ccc(Cl)s2)c1. The summed E-state index contributed by atoms with van der Waals surface area (Å²) in [5, 5.41) is 0. The monoisotopic (exact) mass is 297 g/mol. The molecule has 0 atom stereocenters. The van der Waals surface area contributed by atoms with E-state index in [4.69, 9.17) is 26.8 Å². The number of anilines is 1. The topological polar surface area (TPSA) is 61.5 Å². The maximum atomic E-state index is 11.9. The Hall–Kier alpha value is -1.72. The molecule has 1 aromatic heterocycles. The largest absolute Gasteiger partial charge is 0.497 e. The van der Waals surface area contributed by atoms with Gasteiger partial charge in [-0.05, 0) is 30.3 Å². The molecule has 2 rings (SSSR count). The van der Waals surface area contributed by atoms with Gasteiger partial charge in [-0.2, -0.15) is 0 Å². The summed E-state index contributed by atoms with van der Waals surface area (Å²) in [6.45, 7) is 0.173. The Balaban J connectivity index is 2.07. The minimum Gasteiger partial charge on any atom is -0.497 e. The second kappa shape index (κ2) is 5.95. The number of thiophene rings is 1. The number of ether oxygens (including phenoxy) is 2. The number of halogens is 1. The summed E-state index contributed by atoms with van der Waals surface area (Å²) in [7, 11) is 1.52. The molecular weight excluding hydrogens is 286 g/mol. The van der Waals surface area contributed by atoms with Gasteiger partial charge >= 0.3 is 5.97 Å². The third kappa shape index (κ3) is 3.39. The second-order valence-corrected chi connectivity index (χ2v) is 5.53. The van der Waals surface area contributed by atoms with E-state index in [2.05, 4.69) is 0 Å². The number of esters is 1. The molecule has 0 unspecified atom stereocenters. The Morgan fingerprint density at radius 1 is 1.37 bits per heavy atom. The number of carbonyl (C=O) groups excluding carboxylic acids is 1. The smallest absolute Gasteiger partial charge is 0.340 e. The van der Waals surface area contributed by atoms with Crippen LogP contribution in [0.15, 0.2) is 30.3 Å². The van der Waals surface area contributed by atoms with E-state index in [0.29, 0.717) is 21.3 Å². The Morgan fingerprint density at radius 3 is 2.79 bits per heavy atom. The fourth-order valence-corrected chi connectivity index (χ4v) is 2.48. The molecule has 0 bridgehead atoms. The van der Waals surface area contributed by atoms with Gasteiger partial charge in [-0.25, -0.2) is 4.79 Å². The number of benzene rings is 1. The first kappa shape index (κ1) is 13.7. The van der Waals surface area contributed by atoms with Crippen LogP contribution in [0.5, 0.6) is 5.75 Å². The molecule has 1 heterocycles. The van der Waals surface area contributed by atoms with Gasteiger partial charge in [0.05, 0.1) is 17.0 Å². The van der Waals surface area contributed by atoms with Gasteiger partial charge in [0.1, 0.15) is 12.4 Å². The normalized spacial score (nSPS) is 10.2. The molecule has 0 saturated heterocycles. The highest BCUT2D eigenvalue weighted by Crippen LogP contribution is 2.24. The molecule has 6 heteroatoms. The van der Waals surface area contributed by atoms with Crippen LogP contribution in [0, 0.1) is 0 Å². The summed E-state index contributed by atoms with van der Waals surface area (Å²) in [5.41, 5.74) is 6.39. The number of nitrogen functional groups attached to an aromatic ring is 1. The summed E-state index contributed by atoms with van der Waals surface area (Å²) in [6, 6.07) is 8.42. The maximum Gasteiger partial charge on any atom is 0.340 e. The summed E-state index contributed by atoms with van der Waals surface area (Å²) in [5.74, 6) is 0.0706. The first-order valence-corrected chi connectivity index (χ1v) is 6.64. The zero-order valence-corrected chi connectivity index (χ0v) is 11.8. The maximum absolute atomic E-state index is 11.9. The van der Waals surface area contributed by atoms with Gasteiger partial charge in [0.25, 0.3) is 0 Å². The molecule has 2 aromatic rings. The van der Waals surface area contributed by atoms with E-state index in [0.717, 1.165) is 4.88 Å². The third-order valence-corrected chi connectivity index (χ3v) is 3.66. The molecule has 19 heavy (non-hydrogen) atoms. The Morgan fingerprint density at radius 2 is 2.16 bits per heavy atom. The zero-order valence-electron chi connectivity index (χ0n) is 10.2. The summed E-state index contributed by atoms with van der Waals surface area (Å²) in [6.07, 6.45) is 0. The number of methoxy groups -OCH3 is 1. The molecule has 4 nitrogen and oxygen atoms in total. The van der Waals surface area contributed by atoms with Gasteiger partial charge in [-0.15, -0.1) is 11.3 Å². The van der Waals surface area contributed by atoms with E-state index in [-0.39, 0.29) is 6.61 Å². The lowest BCUT2D eigenvalue weighted by Crippen LogP contribution is -2.08. The molecule has 1 aromatic carbocycles. The molecule has 0 aliphatic heterocycles. The minimum atomic E-state index is -0.485. The third-order valence-electron chi connectivity index (χ3n) is 2.45. The quantitative estimate of drug-likeness (QED) is 0.694. The Bertz CT molecular complexity index is 597. The summed E-state index contributed by atoms with van der Waals surface area (Å²) >= 11 is 7.17. The van der Waals surface area contributed by atoms with Crippen molar-refractivity contribution in [3.05, 3.63) is 45.1 Å². The van der Waals surface area contributed by atoms with E-state index in [1.165, 1.54) is 18.4 Å². The Kier molecular flexibility index (Phi) is 4.29. The van der Waals surface area contributed by atoms with E-state index >= 15 is 0 Å². The molecule has 100 valence electrons. The fraction of sp³-hybridized carbons (Fsp3) is 0.154. The molecule has 0 amide bonds. The van der Waals surface area contributed by atoms with Crippen LogP contribution in [0.1, 0.15) is 15.2 Å². The van der Waals surface area contributed by atoms with E-state index in [1.807, 2.05) is 6.07 Å². The van der Waals surface area contributed by atoms with Crippen LogP contribution in [-0.2, 0) is 11.3 Å². The van der Waals surface area contributed by atoms with Gasteiger partial charge in [0.15, 0.2) is 0 Å². The van der Waals surface area contributed by atoms with Crippen molar-refractivity contribution in [2.24, 2.45) is 0 Å². The second-order valence-electron chi connectivity index (χ2n) is 3.74. The van der Waals surface area contributed by atoms with Crippen molar-refractivity contribution in [3.8, 4) is 5.75 Å². The number of carbonyl (C=O) groups is 1. The zero-order chi connectivity index (χ0) is 13.8. The lowest BCUT2D eigenvalue weighted by molar-refractivity contribution is 0.0477. The van der Waals surface area contributed by atoms with Crippen molar-refractivity contribution in [1.82, 2.24) is 0 Å². The van der Waals surface area contributed by atoms with Gasteiger partial charge in [-0.1, -0.05) is 11.6 Å². The molecule has 0 saturated carbocycles. The van der Waals surface area contributed by atoms with Gasteiger partial charge in [0.2, 0.25) is 0 Å². The standard InChI is InChI=1S/C13H12ClNO3S/c1-17-8-2-4-11(15)10(6-8)13(16)18-7-9-3-5-12(14)19-9/h2-6H,7,15H2,1H3. The molecule has 0 aliphatic rings. The van der Waals surface area contributed by atoms with Crippen molar-refractivity contribution < 1.29 is 14.3 Å². The van der Waals surface area contributed by atoms with Crippen molar-refractivity contribution in [1.29, 1.82) is 0 Å². The van der Waals surface area contributed by atoms with E-state index in [9.17, 15) is 4.79 Å². The number of hydrogen-bond donors (Lipinski definition) is 1. The van der Waals surface area contributed by atoms with Crippen LogP contribution in [0.25, 0.3) is 0 Å². The molecule has 2 N–H and O–H groups in total. The highest BCUT2D eigenvalue weighted by Gasteiger charge is 2.13. The van der Waals surface area contributed by atoms with Crippen LogP contribution in [-0.4, -0.2) is 13.1 Å². The summed E-state index contributed by atoms with van der Waals surface area (Å²) < 4.78 is 10.9. The molecule has 0 spiro atoms. The average molecular weight is 298 g/mol. The van der Waals surface area contributed by atoms with Crippen molar-refractivity contribution in [2.45, 2.75) is 6.61 Å². The number of hydrogen-bond acceptors (Lipinski definition) is 5. The predicted molar refractivity (Wildman–Crippen MR) is 75.9 cm³/mol. The van der Waals surface area contributed by atoms with Gasteiger partial charge in [0, 0.05) is 10.6 Å². The number of rotatable bonds is 4. The van der Waals surface area contributed by atoms with Crippen LogP contribution in [0.3, 0.4) is 0 Å². The van der Waals surface area contributed by atoms with Crippen LogP contribution in [0.2, 0.25) is 4.34 Å². The van der Waals surface area contributed by atoms with Gasteiger partial charge in [-0.3, -0.25) is 0 Å². The van der Waals surface area contributed by atoms with Gasteiger partial charge < -0.3 is 15.2 Å². The Labute approximate surface area is 119 Å². The molecular formula is C13H12ClNO3S. The van der Waals surface area contributed by atoms with Crippen molar-refractivity contribution >= 4 is 34.6 Å². The van der Waals surface area contributed by atoms with E-state index in [1.54, 1.807) is 24.3 Å². The van der Waals surface area contributed by atoms with Crippen LogP contribution >= 0.6 is 22.9 Å². The molecule has 0 radical (unpaired) electrons. The highest BCUT2D eigenvalue weighted by molar-refractivity contribution is 7.16.